The van der Waals surface area contributed by atoms with Crippen LogP contribution < -0.4 is 10.6 Å². The van der Waals surface area contributed by atoms with Crippen molar-refractivity contribution in [2.24, 2.45) is 4.99 Å². The highest BCUT2D eigenvalue weighted by Gasteiger charge is 2.05. The average molecular weight is 450 g/mol. The number of hydrogen-bond acceptors (Lipinski definition) is 3. The van der Waals surface area contributed by atoms with Crippen molar-refractivity contribution >= 4 is 35.6 Å². The molecule has 2 N–H and O–H groups in total. The van der Waals surface area contributed by atoms with Gasteiger partial charge in [0.15, 0.2) is 11.6 Å². The van der Waals surface area contributed by atoms with Gasteiger partial charge in [0.1, 0.15) is 5.82 Å². The van der Waals surface area contributed by atoms with Crippen LogP contribution in [0.3, 0.4) is 0 Å². The molecule has 1 aromatic carbocycles. The van der Waals surface area contributed by atoms with Crippen molar-refractivity contribution in [3.63, 3.8) is 0 Å². The van der Waals surface area contributed by atoms with E-state index in [4.69, 9.17) is 0 Å². The first kappa shape index (κ1) is 19.2. The number of pyridine rings is 1. The zero-order valence-electron chi connectivity index (χ0n) is 14.4. The molecule has 2 heterocycles. The third-order valence-corrected chi connectivity index (χ3v) is 3.83. The molecule has 0 bridgehead atoms. The normalized spacial score (nSPS) is 11.2. The highest BCUT2D eigenvalue weighted by molar-refractivity contribution is 14.0. The van der Waals surface area contributed by atoms with E-state index in [1.165, 1.54) is 11.1 Å². The molecule has 0 unspecified atom stereocenters. The number of guanidine groups is 1. The molecule has 0 saturated carbocycles. The molecule has 7 heteroatoms. The standard InChI is InChI=1S/C18H22N6.HI/c1-14-6-8-15(9-7-14)13-21-18(19-2)20-11-10-17-23-22-16-5-3-4-12-24(16)17;/h3-9,12H,10-11,13H2,1-2H3,(H2,19,20,21);1H. The van der Waals surface area contributed by atoms with E-state index in [2.05, 4.69) is 57.0 Å². The molecular formula is C18H23IN6. The van der Waals surface area contributed by atoms with Gasteiger partial charge < -0.3 is 10.6 Å². The third kappa shape index (κ3) is 5.15. The number of aliphatic imine (C=N–C) groups is 1. The van der Waals surface area contributed by atoms with E-state index in [-0.39, 0.29) is 24.0 Å². The molecule has 25 heavy (non-hydrogen) atoms. The molecule has 0 aliphatic heterocycles. The Kier molecular flexibility index (Phi) is 7.17. The first-order valence-corrected chi connectivity index (χ1v) is 8.05. The molecule has 3 aromatic rings. The number of hydrogen-bond donors (Lipinski definition) is 2. The summed E-state index contributed by atoms with van der Waals surface area (Å²) in [6, 6.07) is 14.4. The Morgan fingerprint density at radius 1 is 1.08 bits per heavy atom. The molecule has 0 spiro atoms. The molecule has 0 saturated heterocycles. The number of rotatable bonds is 5. The van der Waals surface area contributed by atoms with E-state index in [0.717, 1.165) is 36.9 Å². The molecular weight excluding hydrogens is 427 g/mol. The van der Waals surface area contributed by atoms with Crippen LogP contribution in [0.5, 0.6) is 0 Å². The minimum atomic E-state index is 0. The highest BCUT2D eigenvalue weighted by Crippen LogP contribution is 2.03. The summed E-state index contributed by atoms with van der Waals surface area (Å²) >= 11 is 0. The van der Waals surface area contributed by atoms with Crippen molar-refractivity contribution in [1.82, 2.24) is 25.2 Å². The number of benzene rings is 1. The Labute approximate surface area is 164 Å². The van der Waals surface area contributed by atoms with Crippen molar-refractivity contribution < 1.29 is 0 Å². The van der Waals surface area contributed by atoms with Crippen LogP contribution in [0.4, 0.5) is 0 Å². The number of aryl methyl sites for hydroxylation is 1. The van der Waals surface area contributed by atoms with Gasteiger partial charge in [-0.2, -0.15) is 0 Å². The molecule has 2 aromatic heterocycles. The summed E-state index contributed by atoms with van der Waals surface area (Å²) in [5.74, 6) is 1.72. The summed E-state index contributed by atoms with van der Waals surface area (Å²) in [7, 11) is 1.77. The molecule has 0 aliphatic rings. The van der Waals surface area contributed by atoms with Crippen molar-refractivity contribution in [2.45, 2.75) is 19.9 Å². The van der Waals surface area contributed by atoms with Crippen LogP contribution in [0, 0.1) is 6.92 Å². The lowest BCUT2D eigenvalue weighted by Crippen LogP contribution is -2.38. The fourth-order valence-electron chi connectivity index (χ4n) is 2.47. The van der Waals surface area contributed by atoms with E-state index >= 15 is 0 Å². The zero-order valence-corrected chi connectivity index (χ0v) is 16.8. The van der Waals surface area contributed by atoms with E-state index < -0.39 is 0 Å². The summed E-state index contributed by atoms with van der Waals surface area (Å²) in [5, 5.41) is 15.0. The van der Waals surface area contributed by atoms with Crippen LogP contribution in [0.25, 0.3) is 5.65 Å². The van der Waals surface area contributed by atoms with Crippen molar-refractivity contribution in [3.05, 3.63) is 65.6 Å². The summed E-state index contributed by atoms with van der Waals surface area (Å²) in [6.07, 6.45) is 2.76. The molecule has 0 fully saturated rings. The second-order valence-corrected chi connectivity index (χ2v) is 5.63. The van der Waals surface area contributed by atoms with Gasteiger partial charge in [0.2, 0.25) is 0 Å². The van der Waals surface area contributed by atoms with E-state index in [0.29, 0.717) is 0 Å². The summed E-state index contributed by atoms with van der Waals surface area (Å²) in [4.78, 5) is 4.25. The van der Waals surface area contributed by atoms with Crippen molar-refractivity contribution in [3.8, 4) is 0 Å². The first-order chi connectivity index (χ1) is 11.8. The Hall–Kier alpha value is -2.16. The summed E-state index contributed by atoms with van der Waals surface area (Å²) in [5.41, 5.74) is 3.36. The predicted octanol–water partition coefficient (Wildman–Crippen LogP) is 2.56. The number of halogens is 1. The van der Waals surface area contributed by atoms with Gasteiger partial charge in [-0.1, -0.05) is 35.9 Å². The monoisotopic (exact) mass is 450 g/mol. The highest BCUT2D eigenvalue weighted by atomic mass is 127. The second kappa shape index (κ2) is 9.36. The van der Waals surface area contributed by atoms with Crippen molar-refractivity contribution in [1.29, 1.82) is 0 Å². The minimum Gasteiger partial charge on any atom is -0.356 e. The van der Waals surface area contributed by atoms with Crippen LogP contribution >= 0.6 is 24.0 Å². The average Bonchev–Trinajstić information content (AvgIpc) is 3.02. The molecule has 0 radical (unpaired) electrons. The topological polar surface area (TPSA) is 66.6 Å². The lowest BCUT2D eigenvalue weighted by Gasteiger charge is -2.11. The molecule has 3 rings (SSSR count). The largest absolute Gasteiger partial charge is 0.356 e. The smallest absolute Gasteiger partial charge is 0.191 e. The van der Waals surface area contributed by atoms with E-state index in [1.807, 2.05) is 28.8 Å². The number of aromatic nitrogens is 3. The lowest BCUT2D eigenvalue weighted by molar-refractivity contribution is 0.761. The predicted molar refractivity (Wildman–Crippen MR) is 111 cm³/mol. The maximum atomic E-state index is 4.25. The fraction of sp³-hybridized carbons (Fsp3) is 0.278. The van der Waals surface area contributed by atoms with E-state index in [1.54, 1.807) is 7.05 Å². The molecule has 6 nitrogen and oxygen atoms in total. The molecule has 0 aliphatic carbocycles. The Morgan fingerprint density at radius 2 is 1.88 bits per heavy atom. The van der Waals surface area contributed by atoms with Gasteiger partial charge in [-0.25, -0.2) is 0 Å². The van der Waals surface area contributed by atoms with Gasteiger partial charge >= 0.3 is 0 Å². The van der Waals surface area contributed by atoms with Crippen LogP contribution in [-0.2, 0) is 13.0 Å². The maximum Gasteiger partial charge on any atom is 0.191 e. The molecule has 132 valence electrons. The van der Waals surface area contributed by atoms with Crippen LogP contribution in [0.1, 0.15) is 17.0 Å². The van der Waals surface area contributed by atoms with Gasteiger partial charge in [-0.3, -0.25) is 9.39 Å². The van der Waals surface area contributed by atoms with Gasteiger partial charge in [0, 0.05) is 32.8 Å². The maximum absolute atomic E-state index is 4.25. The van der Waals surface area contributed by atoms with Crippen molar-refractivity contribution in [2.75, 3.05) is 13.6 Å². The van der Waals surface area contributed by atoms with Crippen LogP contribution in [0.2, 0.25) is 0 Å². The van der Waals surface area contributed by atoms with Gasteiger partial charge in [-0.15, -0.1) is 34.2 Å². The molecule has 0 amide bonds. The SMILES string of the molecule is CN=C(NCCc1nnc2ccccn12)NCc1ccc(C)cc1.I. The van der Waals surface area contributed by atoms with Gasteiger partial charge in [0.05, 0.1) is 0 Å². The fourth-order valence-corrected chi connectivity index (χ4v) is 2.47. The van der Waals surface area contributed by atoms with Crippen LogP contribution in [-0.4, -0.2) is 34.2 Å². The minimum absolute atomic E-state index is 0. The van der Waals surface area contributed by atoms with Gasteiger partial charge in [-0.05, 0) is 24.6 Å². The Morgan fingerprint density at radius 3 is 2.64 bits per heavy atom. The van der Waals surface area contributed by atoms with Crippen LogP contribution in [0.15, 0.2) is 53.7 Å². The third-order valence-electron chi connectivity index (χ3n) is 3.83. The Bertz CT molecular complexity index is 825. The number of nitrogens with zero attached hydrogens (tertiary/aromatic N) is 4. The number of fused-ring (bicyclic) bond motifs is 1. The number of nitrogens with one attached hydrogen (secondary N) is 2. The van der Waals surface area contributed by atoms with E-state index in [9.17, 15) is 0 Å². The second-order valence-electron chi connectivity index (χ2n) is 5.63. The quantitative estimate of drug-likeness (QED) is 0.356. The Balaban J connectivity index is 0.00000225. The first-order valence-electron chi connectivity index (χ1n) is 8.05. The summed E-state index contributed by atoms with van der Waals surface area (Å²) in [6.45, 7) is 3.57. The molecule has 0 atom stereocenters. The van der Waals surface area contributed by atoms with Gasteiger partial charge in [0.25, 0.3) is 0 Å². The lowest BCUT2D eigenvalue weighted by atomic mass is 10.1. The zero-order chi connectivity index (χ0) is 16.8. The summed E-state index contributed by atoms with van der Waals surface area (Å²) < 4.78 is 2.00.